The van der Waals surface area contributed by atoms with Gasteiger partial charge in [-0.3, -0.25) is 0 Å². The van der Waals surface area contributed by atoms with Crippen LogP contribution in [0, 0.1) is 5.92 Å². The summed E-state index contributed by atoms with van der Waals surface area (Å²) in [6.07, 6.45) is -1.47. The second kappa shape index (κ2) is 7.11. The van der Waals surface area contributed by atoms with Crippen molar-refractivity contribution in [3.63, 3.8) is 0 Å². The van der Waals surface area contributed by atoms with Crippen molar-refractivity contribution in [1.29, 1.82) is 0 Å². The fraction of sp³-hybridized carbons (Fsp3) is 0.318. The average Bonchev–Trinajstić information content (AvgIpc) is 3.13. The number of carbonyl (C=O) groups is 3. The van der Waals surface area contributed by atoms with Crippen LogP contribution in [-0.4, -0.2) is 35.7 Å². The number of imide groups is 1. The van der Waals surface area contributed by atoms with E-state index in [0.717, 1.165) is 27.2 Å². The lowest BCUT2D eigenvalue weighted by Gasteiger charge is -2.21. The largest absolute Gasteiger partial charge is 0.448 e. The molecule has 6 heteroatoms. The van der Waals surface area contributed by atoms with Gasteiger partial charge < -0.3 is 9.47 Å². The van der Waals surface area contributed by atoms with Gasteiger partial charge in [0.05, 0.1) is 0 Å². The van der Waals surface area contributed by atoms with Crippen molar-refractivity contribution in [1.82, 2.24) is 4.90 Å². The smallest absolute Gasteiger partial charge is 0.427 e. The van der Waals surface area contributed by atoms with Crippen LogP contribution in [0.25, 0.3) is 11.1 Å². The molecule has 1 saturated heterocycles. The predicted molar refractivity (Wildman–Crippen MR) is 102 cm³/mol. The van der Waals surface area contributed by atoms with Gasteiger partial charge in [-0.15, -0.1) is 0 Å². The molecule has 2 aromatic carbocycles. The highest BCUT2D eigenvalue weighted by Gasteiger charge is 2.46. The van der Waals surface area contributed by atoms with Gasteiger partial charge in [0.25, 0.3) is 0 Å². The van der Waals surface area contributed by atoms with E-state index in [1.165, 1.54) is 0 Å². The van der Waals surface area contributed by atoms with Gasteiger partial charge in [-0.1, -0.05) is 62.4 Å². The minimum Gasteiger partial charge on any atom is -0.448 e. The van der Waals surface area contributed by atoms with Crippen LogP contribution >= 0.6 is 0 Å². The highest BCUT2D eigenvalue weighted by molar-refractivity contribution is 6.03. The summed E-state index contributed by atoms with van der Waals surface area (Å²) >= 11 is 0. The normalized spacial score (nSPS) is 18.2. The molecule has 144 valence electrons. The van der Waals surface area contributed by atoms with Crippen molar-refractivity contribution in [2.24, 2.45) is 5.92 Å². The van der Waals surface area contributed by atoms with Crippen LogP contribution in [0.3, 0.4) is 0 Å². The fourth-order valence-corrected chi connectivity index (χ4v) is 3.95. The summed E-state index contributed by atoms with van der Waals surface area (Å²) in [5.41, 5.74) is 4.39. The average molecular weight is 379 g/mol. The third-order valence-electron chi connectivity index (χ3n) is 5.20. The summed E-state index contributed by atoms with van der Waals surface area (Å²) in [6, 6.07) is 15.1. The van der Waals surface area contributed by atoms with E-state index in [4.69, 9.17) is 4.74 Å². The molecule has 1 aliphatic carbocycles. The highest BCUT2D eigenvalue weighted by Crippen LogP contribution is 2.44. The summed E-state index contributed by atoms with van der Waals surface area (Å²) in [7, 11) is 0. The zero-order chi connectivity index (χ0) is 19.8. The first kappa shape index (κ1) is 18.2. The quantitative estimate of drug-likeness (QED) is 0.584. The Balaban J connectivity index is 1.54. The van der Waals surface area contributed by atoms with Crippen LogP contribution in [0.5, 0.6) is 0 Å². The van der Waals surface area contributed by atoms with E-state index in [1.54, 1.807) is 0 Å². The number of ether oxygens (including phenoxy) is 2. The SMILES string of the molecule is CC(C)C[C@@H]1C(=O)OC(=O)N1C(=O)OCC1c2ccccc2-c2ccccc21. The van der Waals surface area contributed by atoms with Crippen molar-refractivity contribution in [3.05, 3.63) is 59.7 Å². The Bertz CT molecular complexity index is 906. The molecule has 0 spiro atoms. The number of fused-ring (bicyclic) bond motifs is 3. The second-order valence-electron chi connectivity index (χ2n) is 7.51. The van der Waals surface area contributed by atoms with E-state index in [0.29, 0.717) is 6.42 Å². The van der Waals surface area contributed by atoms with Crippen LogP contribution in [0.15, 0.2) is 48.5 Å². The molecule has 0 radical (unpaired) electrons. The molecule has 1 heterocycles. The van der Waals surface area contributed by atoms with Gasteiger partial charge in [0.2, 0.25) is 0 Å². The number of nitrogens with zero attached hydrogens (tertiary/aromatic N) is 1. The molecule has 2 aliphatic rings. The number of carbonyl (C=O) groups excluding carboxylic acids is 3. The minimum absolute atomic E-state index is 0.0826. The third kappa shape index (κ3) is 3.05. The van der Waals surface area contributed by atoms with E-state index < -0.39 is 24.2 Å². The highest BCUT2D eigenvalue weighted by atomic mass is 16.6. The molecule has 0 bridgehead atoms. The van der Waals surface area contributed by atoms with Crippen LogP contribution in [-0.2, 0) is 14.3 Å². The van der Waals surface area contributed by atoms with Crippen LogP contribution in [0.2, 0.25) is 0 Å². The first-order chi connectivity index (χ1) is 13.5. The number of cyclic esters (lactones) is 2. The van der Waals surface area contributed by atoms with Gasteiger partial charge in [0, 0.05) is 5.92 Å². The second-order valence-corrected chi connectivity index (χ2v) is 7.51. The van der Waals surface area contributed by atoms with E-state index in [-0.39, 0.29) is 18.4 Å². The van der Waals surface area contributed by atoms with Gasteiger partial charge in [-0.05, 0) is 34.6 Å². The molecule has 2 amide bonds. The van der Waals surface area contributed by atoms with Gasteiger partial charge >= 0.3 is 18.2 Å². The van der Waals surface area contributed by atoms with E-state index in [2.05, 4.69) is 4.74 Å². The monoisotopic (exact) mass is 379 g/mol. The molecule has 0 saturated carbocycles. The Morgan fingerprint density at radius 1 is 1.04 bits per heavy atom. The molecule has 4 rings (SSSR count). The fourth-order valence-electron chi connectivity index (χ4n) is 3.95. The van der Waals surface area contributed by atoms with Crippen LogP contribution in [0.4, 0.5) is 9.59 Å². The van der Waals surface area contributed by atoms with Crippen LogP contribution < -0.4 is 0 Å². The molecule has 0 aromatic heterocycles. The Hall–Kier alpha value is -3.15. The van der Waals surface area contributed by atoms with Crippen molar-refractivity contribution >= 4 is 18.2 Å². The molecule has 1 atom stereocenters. The lowest BCUT2D eigenvalue weighted by molar-refractivity contribution is -0.136. The third-order valence-corrected chi connectivity index (χ3v) is 5.20. The topological polar surface area (TPSA) is 72.9 Å². The lowest BCUT2D eigenvalue weighted by Crippen LogP contribution is -2.41. The molecule has 6 nitrogen and oxygen atoms in total. The number of benzene rings is 2. The molecule has 2 aromatic rings. The number of esters is 1. The number of amides is 2. The maximum absolute atomic E-state index is 12.6. The van der Waals surface area contributed by atoms with Crippen molar-refractivity contribution in [2.45, 2.75) is 32.2 Å². The standard InChI is InChI=1S/C22H21NO5/c1-13(2)11-19-20(24)28-22(26)23(19)21(25)27-12-18-16-9-5-3-7-14(16)15-8-4-6-10-17(15)18/h3-10,13,18-19H,11-12H2,1-2H3/t19-/m1/s1. The molecular formula is C22H21NO5. The van der Waals surface area contributed by atoms with Crippen molar-refractivity contribution in [3.8, 4) is 11.1 Å². The summed E-state index contributed by atoms with van der Waals surface area (Å²) < 4.78 is 10.1. The zero-order valence-electron chi connectivity index (χ0n) is 15.8. The number of hydrogen-bond donors (Lipinski definition) is 0. The number of hydrogen-bond acceptors (Lipinski definition) is 5. The number of rotatable bonds is 4. The minimum atomic E-state index is -0.965. The lowest BCUT2D eigenvalue weighted by atomic mass is 9.98. The first-order valence-corrected chi connectivity index (χ1v) is 9.37. The Morgan fingerprint density at radius 2 is 1.61 bits per heavy atom. The van der Waals surface area contributed by atoms with Gasteiger partial charge in [-0.25, -0.2) is 14.4 Å². The molecule has 1 fully saturated rings. The summed E-state index contributed by atoms with van der Waals surface area (Å²) in [5.74, 6) is -0.700. The van der Waals surface area contributed by atoms with Crippen molar-refractivity contribution < 1.29 is 23.9 Å². The van der Waals surface area contributed by atoms with Crippen LogP contribution in [0.1, 0.15) is 37.3 Å². The van der Waals surface area contributed by atoms with Gasteiger partial charge in [0.15, 0.2) is 0 Å². The van der Waals surface area contributed by atoms with E-state index in [9.17, 15) is 14.4 Å². The maximum Gasteiger partial charge on any atom is 0.427 e. The summed E-state index contributed by atoms with van der Waals surface area (Å²) in [4.78, 5) is 37.3. The van der Waals surface area contributed by atoms with E-state index in [1.807, 2.05) is 62.4 Å². The summed E-state index contributed by atoms with van der Waals surface area (Å²) in [6.45, 7) is 3.90. The molecule has 28 heavy (non-hydrogen) atoms. The van der Waals surface area contributed by atoms with Gasteiger partial charge in [0.1, 0.15) is 12.6 Å². The molecule has 0 N–H and O–H groups in total. The Kier molecular flexibility index (Phi) is 4.63. The Morgan fingerprint density at radius 3 is 2.18 bits per heavy atom. The summed E-state index contributed by atoms with van der Waals surface area (Å²) in [5, 5.41) is 0. The zero-order valence-corrected chi connectivity index (χ0v) is 15.8. The molecule has 0 unspecified atom stereocenters. The molecule has 1 aliphatic heterocycles. The first-order valence-electron chi connectivity index (χ1n) is 9.37. The van der Waals surface area contributed by atoms with Gasteiger partial charge in [-0.2, -0.15) is 4.90 Å². The Labute approximate surface area is 163 Å². The predicted octanol–water partition coefficient (Wildman–Crippen LogP) is 4.33. The van der Waals surface area contributed by atoms with E-state index >= 15 is 0 Å². The maximum atomic E-state index is 12.6. The molecular weight excluding hydrogens is 358 g/mol. The van der Waals surface area contributed by atoms with Crippen molar-refractivity contribution in [2.75, 3.05) is 6.61 Å².